The van der Waals surface area contributed by atoms with Crippen molar-refractivity contribution in [2.24, 2.45) is 16.8 Å². The van der Waals surface area contributed by atoms with Gasteiger partial charge in [-0.3, -0.25) is 9.39 Å². The summed E-state index contributed by atoms with van der Waals surface area (Å²) < 4.78 is 80.0. The van der Waals surface area contributed by atoms with Crippen LogP contribution in [0.15, 0.2) is 47.6 Å². The van der Waals surface area contributed by atoms with E-state index < -0.39 is 29.7 Å². The van der Waals surface area contributed by atoms with E-state index in [9.17, 15) is 26.3 Å². The highest BCUT2D eigenvalue weighted by atomic mass is 19.4. The van der Waals surface area contributed by atoms with Crippen LogP contribution in [0.2, 0.25) is 0 Å². The number of rotatable bonds is 3. The standard InChI is InChI=1S/C22H19F6N7/c1-12-7-15(21(23,24)25)32-19(12)13-3-2-6-34(10-13)17-4-5-29-20(33-17)14-8-31-18-9-30-16(11-35(14)18)22(26,27)28/h4-5,7-9,11-13H,2-3,6,10H2,1H3. The number of allylic oxidation sites excluding steroid dienone is 2. The molecule has 2 unspecified atom stereocenters. The number of aromatic nitrogens is 5. The molecule has 1 saturated heterocycles. The summed E-state index contributed by atoms with van der Waals surface area (Å²) in [5.74, 6) is 0.107. The monoisotopic (exact) mass is 495 g/mol. The molecule has 3 aromatic rings. The van der Waals surface area contributed by atoms with E-state index in [1.165, 1.54) is 16.8 Å². The smallest absolute Gasteiger partial charge is 0.356 e. The van der Waals surface area contributed by atoms with Crippen molar-refractivity contribution in [2.45, 2.75) is 32.1 Å². The Morgan fingerprint density at radius 1 is 1.00 bits per heavy atom. The molecule has 0 aliphatic carbocycles. The Balaban J connectivity index is 1.42. The second-order valence-electron chi connectivity index (χ2n) is 8.54. The Morgan fingerprint density at radius 2 is 1.80 bits per heavy atom. The molecule has 0 radical (unpaired) electrons. The van der Waals surface area contributed by atoms with Crippen LogP contribution in [0.3, 0.4) is 0 Å². The minimum atomic E-state index is -4.62. The molecule has 7 nitrogen and oxygen atoms in total. The first kappa shape index (κ1) is 23.2. The van der Waals surface area contributed by atoms with E-state index in [0.29, 0.717) is 31.0 Å². The fourth-order valence-corrected chi connectivity index (χ4v) is 4.50. The largest absolute Gasteiger partial charge is 0.434 e. The van der Waals surface area contributed by atoms with Gasteiger partial charge in [-0.25, -0.2) is 19.9 Å². The van der Waals surface area contributed by atoms with E-state index in [0.717, 1.165) is 24.9 Å². The number of nitrogens with zero attached hydrogens (tertiary/aromatic N) is 7. The Bertz CT molecular complexity index is 1320. The van der Waals surface area contributed by atoms with Gasteiger partial charge in [0, 0.05) is 43.0 Å². The van der Waals surface area contributed by atoms with E-state index in [4.69, 9.17) is 0 Å². The SMILES string of the molecule is CC1C=C(C(F)(F)F)N=C1C1CCCN(c2ccnc(-c3cnc4cnc(C(F)(F)F)cn34)n2)C1. The Labute approximate surface area is 195 Å². The lowest BCUT2D eigenvalue weighted by Gasteiger charge is -2.34. The number of hydrogen-bond donors (Lipinski definition) is 0. The quantitative estimate of drug-likeness (QED) is 0.481. The van der Waals surface area contributed by atoms with Crippen LogP contribution < -0.4 is 4.90 Å². The van der Waals surface area contributed by atoms with Crippen LogP contribution in [0, 0.1) is 11.8 Å². The molecule has 184 valence electrons. The highest BCUT2D eigenvalue weighted by molar-refractivity contribution is 5.93. The molecule has 0 amide bonds. The van der Waals surface area contributed by atoms with Gasteiger partial charge in [-0.15, -0.1) is 0 Å². The predicted octanol–water partition coefficient (Wildman–Crippen LogP) is 4.96. The lowest BCUT2D eigenvalue weighted by molar-refractivity contribution is -0.141. The highest BCUT2D eigenvalue weighted by Crippen LogP contribution is 2.36. The van der Waals surface area contributed by atoms with Crippen molar-refractivity contribution >= 4 is 17.2 Å². The molecule has 13 heteroatoms. The van der Waals surface area contributed by atoms with Gasteiger partial charge in [-0.1, -0.05) is 6.92 Å². The van der Waals surface area contributed by atoms with Crippen molar-refractivity contribution in [1.82, 2.24) is 24.3 Å². The second kappa shape index (κ2) is 8.31. The van der Waals surface area contributed by atoms with Gasteiger partial charge < -0.3 is 4.90 Å². The number of alkyl halides is 6. The first-order valence-electron chi connectivity index (χ1n) is 10.9. The van der Waals surface area contributed by atoms with E-state index in [1.54, 1.807) is 13.0 Å². The van der Waals surface area contributed by atoms with Crippen molar-refractivity contribution in [3.05, 3.63) is 48.3 Å². The third-order valence-electron chi connectivity index (χ3n) is 6.13. The van der Waals surface area contributed by atoms with Crippen molar-refractivity contribution in [1.29, 1.82) is 0 Å². The van der Waals surface area contributed by atoms with Gasteiger partial charge in [0.2, 0.25) is 0 Å². The topological polar surface area (TPSA) is 71.6 Å². The molecule has 0 bridgehead atoms. The summed E-state index contributed by atoms with van der Waals surface area (Å²) >= 11 is 0. The maximum absolute atomic E-state index is 13.1. The van der Waals surface area contributed by atoms with Crippen LogP contribution in [0.5, 0.6) is 0 Å². The van der Waals surface area contributed by atoms with Crippen LogP contribution in [0.4, 0.5) is 32.2 Å². The summed E-state index contributed by atoms with van der Waals surface area (Å²) in [7, 11) is 0. The van der Waals surface area contributed by atoms with E-state index in [2.05, 4.69) is 24.9 Å². The number of halogens is 6. The van der Waals surface area contributed by atoms with Gasteiger partial charge >= 0.3 is 12.4 Å². The molecule has 0 aromatic carbocycles. The van der Waals surface area contributed by atoms with E-state index in [1.807, 2.05) is 4.90 Å². The number of fused-ring (bicyclic) bond motifs is 1. The third kappa shape index (κ3) is 4.46. The number of anilines is 1. The fraction of sp³-hybridized carbons (Fsp3) is 0.409. The molecule has 5 rings (SSSR count). The maximum atomic E-state index is 13.1. The summed E-state index contributed by atoms with van der Waals surface area (Å²) in [5.41, 5.74) is -0.957. The summed E-state index contributed by atoms with van der Waals surface area (Å²) in [6.45, 7) is 2.76. The molecule has 1 fully saturated rings. The van der Waals surface area contributed by atoms with Crippen LogP contribution in [-0.4, -0.2) is 49.3 Å². The Morgan fingerprint density at radius 3 is 2.51 bits per heavy atom. The predicted molar refractivity (Wildman–Crippen MR) is 115 cm³/mol. The van der Waals surface area contributed by atoms with Crippen molar-refractivity contribution < 1.29 is 26.3 Å². The molecule has 5 heterocycles. The fourth-order valence-electron chi connectivity index (χ4n) is 4.50. The molecular weight excluding hydrogens is 476 g/mol. The van der Waals surface area contributed by atoms with Crippen LogP contribution in [0.1, 0.15) is 25.5 Å². The molecule has 2 aliphatic rings. The lowest BCUT2D eigenvalue weighted by atomic mass is 9.87. The lowest BCUT2D eigenvalue weighted by Crippen LogP contribution is -2.40. The minimum Gasteiger partial charge on any atom is -0.356 e. The molecule has 2 atom stereocenters. The zero-order valence-electron chi connectivity index (χ0n) is 18.3. The van der Waals surface area contributed by atoms with E-state index in [-0.39, 0.29) is 23.1 Å². The molecule has 35 heavy (non-hydrogen) atoms. The van der Waals surface area contributed by atoms with E-state index >= 15 is 0 Å². The van der Waals surface area contributed by atoms with Crippen molar-refractivity contribution in [3.8, 4) is 11.5 Å². The normalized spacial score (nSPS) is 21.4. The Hall–Kier alpha value is -3.51. The molecule has 0 saturated carbocycles. The summed E-state index contributed by atoms with van der Waals surface area (Å²) in [6.07, 6.45) is -1.80. The van der Waals surface area contributed by atoms with Gasteiger partial charge in [-0.05, 0) is 25.0 Å². The average molecular weight is 495 g/mol. The van der Waals surface area contributed by atoms with Gasteiger partial charge in [0.05, 0.1) is 12.4 Å². The van der Waals surface area contributed by atoms with Crippen LogP contribution >= 0.6 is 0 Å². The first-order chi connectivity index (χ1) is 16.5. The first-order valence-corrected chi connectivity index (χ1v) is 10.9. The number of hydrogen-bond acceptors (Lipinski definition) is 6. The summed E-state index contributed by atoms with van der Waals surface area (Å²) in [4.78, 5) is 22.1. The van der Waals surface area contributed by atoms with Gasteiger partial charge in [0.15, 0.2) is 17.2 Å². The molecule has 3 aromatic heterocycles. The number of aliphatic imine (C=N–C) groups is 1. The molecule has 0 spiro atoms. The van der Waals surface area contributed by atoms with Crippen LogP contribution in [0.25, 0.3) is 17.2 Å². The van der Waals surface area contributed by atoms with Crippen molar-refractivity contribution in [3.63, 3.8) is 0 Å². The summed E-state index contributed by atoms with van der Waals surface area (Å²) in [6, 6.07) is 1.66. The Kier molecular flexibility index (Phi) is 5.52. The zero-order valence-corrected chi connectivity index (χ0v) is 18.3. The maximum Gasteiger partial charge on any atom is 0.434 e. The number of imidazole rings is 1. The van der Waals surface area contributed by atoms with Gasteiger partial charge in [0.1, 0.15) is 17.2 Å². The molecule has 2 aliphatic heterocycles. The minimum absolute atomic E-state index is 0.170. The zero-order chi connectivity index (χ0) is 25.0. The molecule has 0 N–H and O–H groups in total. The summed E-state index contributed by atoms with van der Waals surface area (Å²) in [5, 5.41) is 0. The average Bonchev–Trinajstić information content (AvgIpc) is 3.42. The number of piperidine rings is 1. The third-order valence-corrected chi connectivity index (χ3v) is 6.13. The van der Waals surface area contributed by atoms with Gasteiger partial charge in [0.25, 0.3) is 0 Å². The second-order valence-corrected chi connectivity index (χ2v) is 8.54. The highest BCUT2D eigenvalue weighted by Gasteiger charge is 2.40. The van der Waals surface area contributed by atoms with Gasteiger partial charge in [-0.2, -0.15) is 26.3 Å². The van der Waals surface area contributed by atoms with Crippen LogP contribution in [-0.2, 0) is 6.18 Å². The molecular formula is C22H19F6N7. The van der Waals surface area contributed by atoms with Crippen molar-refractivity contribution in [2.75, 3.05) is 18.0 Å².